The minimum Gasteiger partial charge on any atom is -0.388 e. The van der Waals surface area contributed by atoms with Crippen LogP contribution in [0.15, 0.2) is 42.6 Å². The summed E-state index contributed by atoms with van der Waals surface area (Å²) in [6, 6.07) is 6.11. The zero-order valence-corrected chi connectivity index (χ0v) is 28.1. The number of halogens is 1. The lowest BCUT2D eigenvalue weighted by Gasteiger charge is -2.45. The molecule has 0 aliphatic carbocycles. The Kier molecular flexibility index (Phi) is 10.8. The number of rotatable bonds is 6. The molecular formula is C33H46ClN5O6S. The molecule has 0 saturated carbocycles. The SMILES string of the molecule is CC(C)C[C@@H]1CCO[C@@H]2[C@H](CN[C@@H]2C(=O)N[C@H]2C3OC(S[C@H](c4cn(-c5cccc(Cl)c5)nn4)C/C=C\[C@H]2C)C(O)C(O)C3O)C1. The topological polar surface area (TPSA) is 151 Å². The number of ether oxygens (including phenoxy) is 2. The number of thioether (sulfide) groups is 1. The van der Waals surface area contributed by atoms with E-state index in [9.17, 15) is 20.1 Å². The highest BCUT2D eigenvalue weighted by Crippen LogP contribution is 2.42. The maximum absolute atomic E-state index is 13.9. The van der Waals surface area contributed by atoms with E-state index in [-0.39, 0.29) is 29.1 Å². The van der Waals surface area contributed by atoms with Crippen molar-refractivity contribution in [1.82, 2.24) is 25.6 Å². The second kappa shape index (κ2) is 14.6. The maximum Gasteiger partial charge on any atom is 0.240 e. The van der Waals surface area contributed by atoms with Crippen molar-refractivity contribution < 1.29 is 29.6 Å². The molecule has 3 fully saturated rings. The van der Waals surface area contributed by atoms with Gasteiger partial charge in [-0.15, -0.1) is 16.9 Å². The summed E-state index contributed by atoms with van der Waals surface area (Å²) in [7, 11) is 0. The van der Waals surface area contributed by atoms with Crippen LogP contribution in [0.3, 0.4) is 0 Å². The predicted octanol–water partition coefficient (Wildman–Crippen LogP) is 3.01. The van der Waals surface area contributed by atoms with Gasteiger partial charge in [-0.1, -0.05) is 55.8 Å². The third kappa shape index (κ3) is 7.34. The minimum absolute atomic E-state index is 0.215. The number of nitrogens with one attached hydrogen (secondary N) is 2. The molecule has 1 aromatic carbocycles. The van der Waals surface area contributed by atoms with Gasteiger partial charge in [-0.2, -0.15) is 0 Å². The molecule has 5 unspecified atom stereocenters. The molecule has 252 valence electrons. The Balaban J connectivity index is 1.20. The van der Waals surface area contributed by atoms with Crippen LogP contribution in [0, 0.1) is 23.7 Å². The fraction of sp³-hybridized carbons (Fsp3) is 0.667. The van der Waals surface area contributed by atoms with E-state index in [1.807, 2.05) is 37.4 Å². The number of aliphatic hydroxyl groups is 3. The quantitative estimate of drug-likeness (QED) is 0.289. The molecule has 46 heavy (non-hydrogen) atoms. The third-order valence-electron chi connectivity index (χ3n) is 9.79. The van der Waals surface area contributed by atoms with Gasteiger partial charge in [-0.05, 0) is 67.6 Å². The summed E-state index contributed by atoms with van der Waals surface area (Å²) < 4.78 is 14.3. The van der Waals surface area contributed by atoms with E-state index in [4.69, 9.17) is 21.1 Å². The van der Waals surface area contributed by atoms with Crippen LogP contribution >= 0.6 is 23.4 Å². The molecule has 1 amide bonds. The second-order valence-corrected chi connectivity index (χ2v) is 15.4. The number of carbonyl (C=O) groups excluding carboxylic acids is 1. The van der Waals surface area contributed by atoms with Crippen LogP contribution in [0.1, 0.15) is 57.4 Å². The first-order valence-corrected chi connectivity index (χ1v) is 17.8. The number of allylic oxidation sites excluding steroid dienone is 1. The molecule has 4 aliphatic heterocycles. The van der Waals surface area contributed by atoms with Crippen LogP contribution in [0.2, 0.25) is 5.02 Å². The zero-order chi connectivity index (χ0) is 32.5. The van der Waals surface area contributed by atoms with E-state index < -0.39 is 41.9 Å². The van der Waals surface area contributed by atoms with Crippen LogP contribution in [-0.2, 0) is 14.3 Å². The van der Waals surface area contributed by atoms with Crippen molar-refractivity contribution in [3.05, 3.63) is 53.3 Å². The van der Waals surface area contributed by atoms with Gasteiger partial charge in [0, 0.05) is 18.2 Å². The molecule has 2 aromatic rings. The molecule has 2 bridgehead atoms. The Morgan fingerprint density at radius 3 is 2.83 bits per heavy atom. The largest absolute Gasteiger partial charge is 0.388 e. The van der Waals surface area contributed by atoms with E-state index >= 15 is 0 Å². The number of benzene rings is 1. The van der Waals surface area contributed by atoms with E-state index in [0.717, 1.165) is 24.9 Å². The number of amides is 1. The normalized spacial score (nSPS) is 39.0. The number of carbonyl (C=O) groups is 1. The summed E-state index contributed by atoms with van der Waals surface area (Å²) in [6.45, 7) is 7.79. The first kappa shape index (κ1) is 33.9. The van der Waals surface area contributed by atoms with Gasteiger partial charge >= 0.3 is 0 Å². The molecule has 0 radical (unpaired) electrons. The van der Waals surface area contributed by atoms with Crippen molar-refractivity contribution in [2.75, 3.05) is 13.2 Å². The molecular weight excluding hydrogens is 630 g/mol. The highest BCUT2D eigenvalue weighted by molar-refractivity contribution is 8.00. The zero-order valence-electron chi connectivity index (χ0n) is 26.5. The molecule has 12 atom stereocenters. The van der Waals surface area contributed by atoms with Gasteiger partial charge in [0.2, 0.25) is 5.91 Å². The third-order valence-corrected chi connectivity index (χ3v) is 11.4. The summed E-state index contributed by atoms with van der Waals surface area (Å²) in [4.78, 5) is 13.9. The molecule has 5 heterocycles. The van der Waals surface area contributed by atoms with Crippen molar-refractivity contribution in [1.29, 1.82) is 0 Å². The van der Waals surface area contributed by atoms with Crippen LogP contribution in [-0.4, -0.2) is 97.4 Å². The Labute approximate surface area is 279 Å². The van der Waals surface area contributed by atoms with Gasteiger partial charge in [0.05, 0.1) is 35.0 Å². The summed E-state index contributed by atoms with van der Waals surface area (Å²) in [5.41, 5.74) is 0.542. The van der Waals surface area contributed by atoms with Gasteiger partial charge in [0.1, 0.15) is 35.9 Å². The Morgan fingerprint density at radius 1 is 1.22 bits per heavy atom. The monoisotopic (exact) mass is 675 g/mol. The average molecular weight is 676 g/mol. The van der Waals surface area contributed by atoms with E-state index in [2.05, 4.69) is 34.8 Å². The summed E-state index contributed by atoms with van der Waals surface area (Å²) in [6.07, 6.45) is 4.14. The maximum atomic E-state index is 13.9. The Hall–Kier alpha value is -2.03. The Morgan fingerprint density at radius 2 is 2.04 bits per heavy atom. The average Bonchev–Trinajstić information content (AvgIpc) is 3.62. The second-order valence-electron chi connectivity index (χ2n) is 13.7. The number of aliphatic hydroxyl groups excluding tert-OH is 3. The van der Waals surface area contributed by atoms with Gasteiger partial charge in [-0.3, -0.25) is 4.79 Å². The van der Waals surface area contributed by atoms with Crippen molar-refractivity contribution in [3.8, 4) is 5.69 Å². The van der Waals surface area contributed by atoms with Crippen LogP contribution in [0.5, 0.6) is 0 Å². The number of nitrogens with zero attached hydrogens (tertiary/aromatic N) is 3. The fourth-order valence-corrected chi connectivity index (χ4v) is 8.93. The highest BCUT2D eigenvalue weighted by atomic mass is 35.5. The number of fused-ring (bicyclic) bond motifs is 3. The lowest BCUT2D eigenvalue weighted by Crippen LogP contribution is -2.65. The molecule has 0 spiro atoms. The number of hydrogen-bond acceptors (Lipinski definition) is 10. The predicted molar refractivity (Wildman–Crippen MR) is 175 cm³/mol. The molecule has 4 aliphatic rings. The summed E-state index contributed by atoms with van der Waals surface area (Å²) >= 11 is 7.48. The molecule has 6 rings (SSSR count). The van der Waals surface area contributed by atoms with Gasteiger partial charge in [0.15, 0.2) is 0 Å². The van der Waals surface area contributed by atoms with Gasteiger partial charge in [0.25, 0.3) is 0 Å². The lowest BCUT2D eigenvalue weighted by molar-refractivity contribution is -0.207. The first-order valence-electron chi connectivity index (χ1n) is 16.4. The van der Waals surface area contributed by atoms with Crippen molar-refractivity contribution in [2.45, 2.75) is 99.7 Å². The molecule has 11 nitrogen and oxygen atoms in total. The highest BCUT2D eigenvalue weighted by Gasteiger charge is 2.50. The molecule has 1 aromatic heterocycles. The van der Waals surface area contributed by atoms with Gasteiger partial charge in [-0.25, -0.2) is 4.68 Å². The van der Waals surface area contributed by atoms with Crippen LogP contribution < -0.4 is 10.6 Å². The molecule has 13 heteroatoms. The number of aromatic nitrogens is 3. The molecule has 3 saturated heterocycles. The van der Waals surface area contributed by atoms with Crippen LogP contribution in [0.25, 0.3) is 5.69 Å². The standard InChI is InChI=1S/C33H46ClN5O6S/c1-17(2)12-19-10-11-44-30-20(13-19)15-35-26(30)32(43)36-25-18(3)6-4-9-24(46-33-29(42)27(40)28(41)31(25)45-33)23-16-39(38-37-23)22-8-5-7-21(34)14-22/h4-8,14,16-20,24-31,33,35,40-42H,9-13,15H2,1-3H3,(H,36,43)/b6-4-/t18-,19+,20+,24+,25-,26+,27?,28?,29?,30-,31?,33?/m1/s1. The van der Waals surface area contributed by atoms with E-state index in [1.54, 1.807) is 16.8 Å². The van der Waals surface area contributed by atoms with Crippen LogP contribution in [0.4, 0.5) is 0 Å². The van der Waals surface area contributed by atoms with Crippen molar-refractivity contribution in [2.24, 2.45) is 23.7 Å². The smallest absolute Gasteiger partial charge is 0.240 e. The lowest BCUT2D eigenvalue weighted by atomic mass is 9.85. The summed E-state index contributed by atoms with van der Waals surface area (Å²) in [5.74, 6) is 0.980. The van der Waals surface area contributed by atoms with E-state index in [0.29, 0.717) is 42.1 Å². The first-order chi connectivity index (χ1) is 22.1. The minimum atomic E-state index is -1.47. The summed E-state index contributed by atoms with van der Waals surface area (Å²) in [5, 5.41) is 48.7. The number of hydrogen-bond donors (Lipinski definition) is 5. The van der Waals surface area contributed by atoms with Crippen molar-refractivity contribution >= 4 is 29.3 Å². The fourth-order valence-electron chi connectivity index (χ4n) is 7.44. The van der Waals surface area contributed by atoms with E-state index in [1.165, 1.54) is 11.8 Å². The van der Waals surface area contributed by atoms with Gasteiger partial charge < -0.3 is 35.4 Å². The molecule has 5 N–H and O–H groups in total. The van der Waals surface area contributed by atoms with Crippen molar-refractivity contribution in [3.63, 3.8) is 0 Å². The Bertz CT molecular complexity index is 1380.